The van der Waals surface area contributed by atoms with E-state index < -0.39 is 0 Å². The molecule has 1 amide bonds. The second-order valence-corrected chi connectivity index (χ2v) is 7.15. The smallest absolute Gasteiger partial charge is 0.223 e. The number of anilines is 1. The number of nitrogens with one attached hydrogen (secondary N) is 1. The lowest BCUT2D eigenvalue weighted by molar-refractivity contribution is -0.121. The van der Waals surface area contributed by atoms with E-state index in [1.807, 2.05) is 31.3 Å². The highest BCUT2D eigenvalue weighted by Crippen LogP contribution is 2.20. The van der Waals surface area contributed by atoms with Crippen molar-refractivity contribution in [1.29, 1.82) is 0 Å². The summed E-state index contributed by atoms with van der Waals surface area (Å²) in [6, 6.07) is 10.1. The van der Waals surface area contributed by atoms with Gasteiger partial charge in [-0.3, -0.25) is 4.79 Å². The van der Waals surface area contributed by atoms with Gasteiger partial charge in [0.25, 0.3) is 0 Å². The number of ether oxygens (including phenoxy) is 1. The summed E-state index contributed by atoms with van der Waals surface area (Å²) in [6.07, 6.45) is 5.99. The van der Waals surface area contributed by atoms with Crippen molar-refractivity contribution in [2.45, 2.75) is 46.1 Å². The first-order valence-electron chi connectivity index (χ1n) is 9.79. The summed E-state index contributed by atoms with van der Waals surface area (Å²) < 4.78 is 5.74. The van der Waals surface area contributed by atoms with Crippen LogP contribution in [-0.4, -0.2) is 30.6 Å². The average molecular weight is 367 g/mol. The summed E-state index contributed by atoms with van der Waals surface area (Å²) in [7, 11) is 0. The minimum atomic E-state index is -0.0135. The van der Waals surface area contributed by atoms with Crippen LogP contribution in [0.1, 0.15) is 42.4 Å². The van der Waals surface area contributed by atoms with Crippen LogP contribution in [0.25, 0.3) is 0 Å². The molecule has 3 rings (SSSR count). The minimum absolute atomic E-state index is 0.0135. The zero-order chi connectivity index (χ0) is 19.1. The zero-order valence-corrected chi connectivity index (χ0v) is 16.3. The van der Waals surface area contributed by atoms with Crippen LogP contribution in [-0.2, 0) is 11.3 Å². The molecule has 1 saturated heterocycles. The fourth-order valence-electron chi connectivity index (χ4n) is 3.25. The molecule has 1 aromatic carbocycles. The molecule has 0 unspecified atom stereocenters. The highest BCUT2D eigenvalue weighted by Gasteiger charge is 2.12. The number of carbonyl (C=O) groups is 1. The maximum absolute atomic E-state index is 12.1. The van der Waals surface area contributed by atoms with Gasteiger partial charge in [-0.15, -0.1) is 0 Å². The van der Waals surface area contributed by atoms with Crippen molar-refractivity contribution in [2.75, 3.05) is 24.6 Å². The summed E-state index contributed by atoms with van der Waals surface area (Å²) in [5.74, 6) is 1.87. The van der Waals surface area contributed by atoms with Gasteiger partial charge in [0.05, 0.1) is 13.0 Å². The Bertz CT molecular complexity index is 753. The summed E-state index contributed by atoms with van der Waals surface area (Å²) in [5, 5.41) is 2.94. The van der Waals surface area contributed by atoms with E-state index in [0.29, 0.717) is 19.6 Å². The lowest BCUT2D eigenvalue weighted by atomic mass is 10.1. The van der Waals surface area contributed by atoms with E-state index in [4.69, 9.17) is 4.74 Å². The van der Waals surface area contributed by atoms with Gasteiger partial charge < -0.3 is 15.0 Å². The van der Waals surface area contributed by atoms with Crippen molar-refractivity contribution in [3.8, 4) is 5.75 Å². The lowest BCUT2D eigenvalue weighted by Gasteiger charge is -2.27. The molecule has 2 heterocycles. The first-order valence-corrected chi connectivity index (χ1v) is 9.79. The van der Waals surface area contributed by atoms with E-state index in [1.54, 1.807) is 0 Å². The standard InChI is InChI=1S/C22H29N3O2/c1-17-7-6-8-20(18(17)2)27-14-11-22(26)24-16-19-9-10-21(23-15-19)25-12-4-3-5-13-25/h6-10,15H,3-5,11-14,16H2,1-2H3,(H,24,26). The maximum atomic E-state index is 12.1. The predicted octanol–water partition coefficient (Wildman–Crippen LogP) is 3.77. The maximum Gasteiger partial charge on any atom is 0.223 e. The molecule has 1 fully saturated rings. The highest BCUT2D eigenvalue weighted by molar-refractivity contribution is 5.76. The van der Waals surface area contributed by atoms with Crippen LogP contribution in [0.3, 0.4) is 0 Å². The fraction of sp³-hybridized carbons (Fsp3) is 0.455. The molecular formula is C22H29N3O2. The second kappa shape index (κ2) is 9.40. The van der Waals surface area contributed by atoms with Gasteiger partial charge in [-0.1, -0.05) is 18.2 Å². The number of hydrogen-bond acceptors (Lipinski definition) is 4. The third kappa shape index (κ3) is 5.46. The van der Waals surface area contributed by atoms with Crippen molar-refractivity contribution in [1.82, 2.24) is 10.3 Å². The SMILES string of the molecule is Cc1cccc(OCCC(=O)NCc2ccc(N3CCCCC3)nc2)c1C. The van der Waals surface area contributed by atoms with Crippen LogP contribution in [0.5, 0.6) is 5.75 Å². The van der Waals surface area contributed by atoms with E-state index in [9.17, 15) is 4.79 Å². The van der Waals surface area contributed by atoms with Gasteiger partial charge in [0.2, 0.25) is 5.91 Å². The van der Waals surface area contributed by atoms with E-state index in [2.05, 4.69) is 34.3 Å². The summed E-state index contributed by atoms with van der Waals surface area (Å²) >= 11 is 0. The Balaban J connectivity index is 1.40. The van der Waals surface area contributed by atoms with Crippen LogP contribution in [0, 0.1) is 13.8 Å². The molecule has 1 aliphatic rings. The Morgan fingerprint density at radius 2 is 1.96 bits per heavy atom. The van der Waals surface area contributed by atoms with Gasteiger partial charge in [-0.25, -0.2) is 4.98 Å². The molecule has 144 valence electrons. The van der Waals surface area contributed by atoms with Crippen molar-refractivity contribution in [3.05, 3.63) is 53.2 Å². The lowest BCUT2D eigenvalue weighted by Crippen LogP contribution is -2.30. The van der Waals surface area contributed by atoms with Crippen LogP contribution in [0.15, 0.2) is 36.5 Å². The molecule has 0 atom stereocenters. The number of rotatable bonds is 7. The van der Waals surface area contributed by atoms with Gasteiger partial charge in [-0.2, -0.15) is 0 Å². The molecule has 1 N–H and O–H groups in total. The average Bonchev–Trinajstić information content (AvgIpc) is 2.71. The fourth-order valence-corrected chi connectivity index (χ4v) is 3.25. The third-order valence-electron chi connectivity index (χ3n) is 5.12. The normalized spacial score (nSPS) is 14.1. The van der Waals surface area contributed by atoms with Crippen LogP contribution >= 0.6 is 0 Å². The molecule has 2 aromatic rings. The molecule has 1 aliphatic heterocycles. The van der Waals surface area contributed by atoms with Gasteiger partial charge >= 0.3 is 0 Å². The number of carbonyl (C=O) groups excluding carboxylic acids is 1. The Morgan fingerprint density at radius 3 is 2.70 bits per heavy atom. The molecule has 0 saturated carbocycles. The quantitative estimate of drug-likeness (QED) is 0.809. The van der Waals surface area contributed by atoms with Crippen LogP contribution in [0.2, 0.25) is 0 Å². The van der Waals surface area contributed by atoms with Crippen molar-refractivity contribution < 1.29 is 9.53 Å². The molecular weight excluding hydrogens is 338 g/mol. The number of aryl methyl sites for hydroxylation is 1. The molecule has 5 heteroatoms. The Kier molecular flexibility index (Phi) is 6.69. The number of pyridine rings is 1. The molecule has 0 spiro atoms. The monoisotopic (exact) mass is 367 g/mol. The Labute approximate surface area is 161 Å². The number of aromatic nitrogens is 1. The van der Waals surface area contributed by atoms with Gasteiger partial charge in [0.15, 0.2) is 0 Å². The van der Waals surface area contributed by atoms with E-state index >= 15 is 0 Å². The number of nitrogens with zero attached hydrogens (tertiary/aromatic N) is 2. The second-order valence-electron chi connectivity index (χ2n) is 7.15. The topological polar surface area (TPSA) is 54.5 Å². The molecule has 5 nitrogen and oxygen atoms in total. The number of hydrogen-bond donors (Lipinski definition) is 1. The number of amides is 1. The summed E-state index contributed by atoms with van der Waals surface area (Å²) in [5.41, 5.74) is 3.33. The van der Waals surface area contributed by atoms with Crippen LogP contribution < -0.4 is 15.0 Å². The molecule has 0 aliphatic carbocycles. The Morgan fingerprint density at radius 1 is 1.15 bits per heavy atom. The van der Waals surface area contributed by atoms with E-state index in [1.165, 1.54) is 24.8 Å². The van der Waals surface area contributed by atoms with Gasteiger partial charge in [0.1, 0.15) is 11.6 Å². The zero-order valence-electron chi connectivity index (χ0n) is 16.3. The molecule has 27 heavy (non-hydrogen) atoms. The van der Waals surface area contributed by atoms with Crippen molar-refractivity contribution in [3.63, 3.8) is 0 Å². The first-order chi connectivity index (χ1) is 13.1. The number of piperidine rings is 1. The largest absolute Gasteiger partial charge is 0.493 e. The first kappa shape index (κ1) is 19.2. The third-order valence-corrected chi connectivity index (χ3v) is 5.12. The predicted molar refractivity (Wildman–Crippen MR) is 108 cm³/mol. The summed E-state index contributed by atoms with van der Waals surface area (Å²) in [4.78, 5) is 18.9. The van der Waals surface area contributed by atoms with E-state index in [0.717, 1.165) is 35.8 Å². The molecule has 0 radical (unpaired) electrons. The Hall–Kier alpha value is -2.56. The molecule has 1 aromatic heterocycles. The van der Waals surface area contributed by atoms with Crippen molar-refractivity contribution >= 4 is 11.7 Å². The number of benzene rings is 1. The highest BCUT2D eigenvalue weighted by atomic mass is 16.5. The van der Waals surface area contributed by atoms with Crippen LogP contribution in [0.4, 0.5) is 5.82 Å². The minimum Gasteiger partial charge on any atom is -0.493 e. The van der Waals surface area contributed by atoms with Gasteiger partial charge in [-0.05, 0) is 61.9 Å². The van der Waals surface area contributed by atoms with E-state index in [-0.39, 0.29) is 5.91 Å². The van der Waals surface area contributed by atoms with Crippen molar-refractivity contribution in [2.24, 2.45) is 0 Å². The summed E-state index contributed by atoms with van der Waals surface area (Å²) in [6.45, 7) is 7.13. The van der Waals surface area contributed by atoms with Gasteiger partial charge in [0, 0.05) is 25.8 Å². The molecule has 0 bridgehead atoms.